The number of guanidine groups is 1. The Labute approximate surface area is 162 Å². The van der Waals surface area contributed by atoms with Crippen LogP contribution in [0, 0.1) is 0 Å². The van der Waals surface area contributed by atoms with Gasteiger partial charge in [-0.15, -0.1) is 24.0 Å². The number of aryl methyl sites for hydroxylation is 2. The molecule has 2 rings (SSSR count). The predicted octanol–water partition coefficient (Wildman–Crippen LogP) is 3.03. The lowest BCUT2D eigenvalue weighted by molar-refractivity contribution is 0.702. The van der Waals surface area contributed by atoms with E-state index in [1.165, 1.54) is 16.8 Å². The van der Waals surface area contributed by atoms with Crippen molar-refractivity contribution in [1.82, 2.24) is 20.4 Å². The summed E-state index contributed by atoms with van der Waals surface area (Å²) in [6.45, 7) is 5.82. The van der Waals surface area contributed by atoms with Crippen molar-refractivity contribution in [2.45, 2.75) is 39.8 Å². The number of benzene rings is 1. The number of halogens is 1. The smallest absolute Gasteiger partial charge is 0.191 e. The molecule has 1 heterocycles. The zero-order chi connectivity index (χ0) is 16.7. The Hall–Kier alpha value is -1.57. The van der Waals surface area contributed by atoms with Gasteiger partial charge in [0.05, 0.1) is 5.69 Å². The third kappa shape index (κ3) is 5.22. The van der Waals surface area contributed by atoms with Crippen LogP contribution in [-0.4, -0.2) is 22.8 Å². The van der Waals surface area contributed by atoms with Gasteiger partial charge in [-0.05, 0) is 18.4 Å². The van der Waals surface area contributed by atoms with E-state index in [9.17, 15) is 0 Å². The Morgan fingerprint density at radius 2 is 1.75 bits per heavy atom. The third-order valence-corrected chi connectivity index (χ3v) is 3.99. The molecule has 0 saturated heterocycles. The Balaban J connectivity index is 0.00000288. The molecule has 0 radical (unpaired) electrons. The van der Waals surface area contributed by atoms with Crippen molar-refractivity contribution in [3.63, 3.8) is 0 Å². The van der Waals surface area contributed by atoms with Gasteiger partial charge in [-0.2, -0.15) is 5.10 Å². The fraction of sp³-hybridized carbons (Fsp3) is 0.444. The molecule has 6 heteroatoms. The Bertz CT molecular complexity index is 649. The van der Waals surface area contributed by atoms with Crippen molar-refractivity contribution in [2.24, 2.45) is 12.0 Å². The summed E-state index contributed by atoms with van der Waals surface area (Å²) in [5.74, 6) is 0.807. The molecule has 0 bridgehead atoms. The molecular weight excluding hydrogens is 413 g/mol. The molecule has 132 valence electrons. The highest BCUT2D eigenvalue weighted by Crippen LogP contribution is 2.15. The largest absolute Gasteiger partial charge is 0.352 e. The van der Waals surface area contributed by atoms with E-state index < -0.39 is 0 Å². The first kappa shape index (κ1) is 20.5. The standard InChI is InChI=1S/C18H27N5.HI/c1-5-16-15(17(6-2)23(4)22-16)13-21-18(19-3)20-12-14-10-8-7-9-11-14;/h7-11H,5-6,12-13H2,1-4H3,(H2,19,20,21);1H. The summed E-state index contributed by atoms with van der Waals surface area (Å²) in [4.78, 5) is 4.30. The summed E-state index contributed by atoms with van der Waals surface area (Å²) in [5.41, 5.74) is 4.98. The summed E-state index contributed by atoms with van der Waals surface area (Å²) >= 11 is 0. The molecule has 5 nitrogen and oxygen atoms in total. The van der Waals surface area contributed by atoms with Crippen LogP contribution in [0.4, 0.5) is 0 Å². The Morgan fingerprint density at radius 1 is 1.08 bits per heavy atom. The van der Waals surface area contributed by atoms with Crippen LogP contribution in [0.3, 0.4) is 0 Å². The third-order valence-electron chi connectivity index (χ3n) is 3.99. The van der Waals surface area contributed by atoms with Crippen LogP contribution in [-0.2, 0) is 33.0 Å². The van der Waals surface area contributed by atoms with Gasteiger partial charge in [0.2, 0.25) is 0 Å². The summed E-state index contributed by atoms with van der Waals surface area (Å²) < 4.78 is 2.00. The molecule has 24 heavy (non-hydrogen) atoms. The number of aliphatic imine (C=N–C) groups is 1. The SMILES string of the molecule is CCc1nn(C)c(CC)c1CNC(=NC)NCc1ccccc1.I. The van der Waals surface area contributed by atoms with Gasteiger partial charge in [-0.1, -0.05) is 44.2 Å². The van der Waals surface area contributed by atoms with Gasteiger partial charge >= 0.3 is 0 Å². The second kappa shape index (κ2) is 10.3. The van der Waals surface area contributed by atoms with Crippen molar-refractivity contribution >= 4 is 29.9 Å². The number of nitrogens with one attached hydrogen (secondary N) is 2. The van der Waals surface area contributed by atoms with Crippen LogP contribution in [0.15, 0.2) is 35.3 Å². The maximum atomic E-state index is 4.61. The Kier molecular flexibility index (Phi) is 8.81. The minimum Gasteiger partial charge on any atom is -0.352 e. The number of nitrogens with zero attached hydrogens (tertiary/aromatic N) is 3. The second-order valence-corrected chi connectivity index (χ2v) is 5.47. The van der Waals surface area contributed by atoms with E-state index in [1.54, 1.807) is 7.05 Å². The molecule has 0 fully saturated rings. The van der Waals surface area contributed by atoms with E-state index in [0.29, 0.717) is 0 Å². The van der Waals surface area contributed by atoms with E-state index in [1.807, 2.05) is 29.9 Å². The number of aromatic nitrogens is 2. The van der Waals surface area contributed by atoms with Crippen LogP contribution in [0.2, 0.25) is 0 Å². The van der Waals surface area contributed by atoms with E-state index in [-0.39, 0.29) is 24.0 Å². The minimum absolute atomic E-state index is 0. The van der Waals surface area contributed by atoms with Gasteiger partial charge < -0.3 is 10.6 Å². The summed E-state index contributed by atoms with van der Waals surface area (Å²) in [6.07, 6.45) is 1.93. The monoisotopic (exact) mass is 441 g/mol. The molecule has 0 aliphatic heterocycles. The highest BCUT2D eigenvalue weighted by Gasteiger charge is 2.13. The van der Waals surface area contributed by atoms with Gasteiger partial charge in [-0.25, -0.2) is 0 Å². The first-order valence-electron chi connectivity index (χ1n) is 8.21. The van der Waals surface area contributed by atoms with Gasteiger partial charge in [0.1, 0.15) is 0 Å². The highest BCUT2D eigenvalue weighted by molar-refractivity contribution is 14.0. The lowest BCUT2D eigenvalue weighted by atomic mass is 10.1. The van der Waals surface area contributed by atoms with Crippen LogP contribution >= 0.6 is 24.0 Å². The van der Waals surface area contributed by atoms with Crippen LogP contribution in [0.25, 0.3) is 0 Å². The lowest BCUT2D eigenvalue weighted by Crippen LogP contribution is -2.36. The molecule has 1 aromatic heterocycles. The van der Waals surface area contributed by atoms with E-state index >= 15 is 0 Å². The number of hydrogen-bond donors (Lipinski definition) is 2. The second-order valence-electron chi connectivity index (χ2n) is 5.47. The average molecular weight is 441 g/mol. The van der Waals surface area contributed by atoms with Crippen LogP contribution in [0.5, 0.6) is 0 Å². The maximum absolute atomic E-state index is 4.61. The molecule has 0 aliphatic rings. The maximum Gasteiger partial charge on any atom is 0.191 e. The van der Waals surface area contributed by atoms with E-state index in [2.05, 4.69) is 46.7 Å². The van der Waals surface area contributed by atoms with Crippen molar-refractivity contribution < 1.29 is 0 Å². The first-order valence-corrected chi connectivity index (χ1v) is 8.21. The van der Waals surface area contributed by atoms with Crippen molar-refractivity contribution in [1.29, 1.82) is 0 Å². The molecule has 0 atom stereocenters. The van der Waals surface area contributed by atoms with Gasteiger partial charge in [0.25, 0.3) is 0 Å². The normalized spacial score (nSPS) is 11.1. The first-order chi connectivity index (χ1) is 11.2. The molecule has 0 aliphatic carbocycles. The zero-order valence-corrected chi connectivity index (χ0v) is 17.3. The summed E-state index contributed by atoms with van der Waals surface area (Å²) in [6, 6.07) is 10.3. The molecule has 0 amide bonds. The minimum atomic E-state index is 0. The predicted molar refractivity (Wildman–Crippen MR) is 111 cm³/mol. The average Bonchev–Trinajstić information content (AvgIpc) is 2.90. The van der Waals surface area contributed by atoms with Crippen molar-refractivity contribution in [2.75, 3.05) is 7.05 Å². The molecule has 0 saturated carbocycles. The molecule has 1 aromatic carbocycles. The summed E-state index contributed by atoms with van der Waals surface area (Å²) in [5, 5.41) is 11.4. The number of hydrogen-bond acceptors (Lipinski definition) is 2. The van der Waals surface area contributed by atoms with E-state index in [0.717, 1.165) is 37.6 Å². The van der Waals surface area contributed by atoms with Crippen LogP contribution in [0.1, 0.15) is 36.4 Å². The topological polar surface area (TPSA) is 54.2 Å². The summed E-state index contributed by atoms with van der Waals surface area (Å²) in [7, 11) is 3.81. The molecular formula is C18H28IN5. The Morgan fingerprint density at radius 3 is 2.33 bits per heavy atom. The highest BCUT2D eigenvalue weighted by atomic mass is 127. The van der Waals surface area contributed by atoms with E-state index in [4.69, 9.17) is 0 Å². The van der Waals surface area contributed by atoms with Crippen LogP contribution < -0.4 is 10.6 Å². The molecule has 0 unspecified atom stereocenters. The van der Waals surface area contributed by atoms with Gasteiger partial charge in [0.15, 0.2) is 5.96 Å². The molecule has 2 aromatic rings. The zero-order valence-electron chi connectivity index (χ0n) is 15.0. The lowest BCUT2D eigenvalue weighted by Gasteiger charge is -2.13. The van der Waals surface area contributed by atoms with Crippen molar-refractivity contribution in [3.05, 3.63) is 52.8 Å². The fourth-order valence-electron chi connectivity index (χ4n) is 2.77. The van der Waals surface area contributed by atoms with Crippen molar-refractivity contribution in [3.8, 4) is 0 Å². The molecule has 2 N–H and O–H groups in total. The molecule has 0 spiro atoms. The van der Waals surface area contributed by atoms with Gasteiger partial charge in [0, 0.05) is 38.4 Å². The van der Waals surface area contributed by atoms with Gasteiger partial charge in [-0.3, -0.25) is 9.67 Å². The fourth-order valence-corrected chi connectivity index (χ4v) is 2.77. The number of rotatable bonds is 6. The quantitative estimate of drug-likeness (QED) is 0.412.